The Kier molecular flexibility index (Phi) is 48.4. The van der Waals surface area contributed by atoms with Gasteiger partial charge in [0.25, 0.3) is 0 Å². The number of unbranched alkanes of at least 4 members (excludes halogenated alkanes) is 29. The molecular formula is C56H98O6. The lowest BCUT2D eigenvalue weighted by molar-refractivity contribution is -0.167. The molecule has 0 aliphatic rings. The molecule has 0 aromatic heterocycles. The summed E-state index contributed by atoms with van der Waals surface area (Å²) >= 11 is 0. The lowest BCUT2D eigenvalue weighted by Crippen LogP contribution is -2.30. The van der Waals surface area contributed by atoms with Crippen molar-refractivity contribution >= 4 is 17.9 Å². The van der Waals surface area contributed by atoms with Gasteiger partial charge >= 0.3 is 17.9 Å². The van der Waals surface area contributed by atoms with Crippen molar-refractivity contribution in [1.82, 2.24) is 0 Å². The normalized spacial score (nSPS) is 12.5. The molecule has 0 heterocycles. The van der Waals surface area contributed by atoms with E-state index in [1.807, 2.05) is 0 Å². The zero-order chi connectivity index (χ0) is 45.1. The molecule has 0 spiro atoms. The molecule has 6 nitrogen and oxygen atoms in total. The Hall–Kier alpha value is -2.89. The molecule has 1 atom stereocenters. The largest absolute Gasteiger partial charge is 0.462 e. The van der Waals surface area contributed by atoms with Crippen LogP contribution in [0, 0.1) is 0 Å². The van der Waals surface area contributed by atoms with Crippen LogP contribution in [-0.2, 0) is 28.6 Å². The van der Waals surface area contributed by atoms with Crippen LogP contribution in [0.3, 0.4) is 0 Å². The highest BCUT2D eigenvalue weighted by Crippen LogP contribution is 2.16. The molecule has 0 rings (SSSR count). The highest BCUT2D eigenvalue weighted by Gasteiger charge is 2.19. The summed E-state index contributed by atoms with van der Waals surface area (Å²) in [7, 11) is 0. The number of carbonyl (C=O) groups excluding carboxylic acids is 3. The van der Waals surface area contributed by atoms with Gasteiger partial charge in [-0.2, -0.15) is 0 Å². The van der Waals surface area contributed by atoms with E-state index >= 15 is 0 Å². The van der Waals surface area contributed by atoms with Crippen LogP contribution in [0.5, 0.6) is 0 Å². The van der Waals surface area contributed by atoms with Crippen LogP contribution in [0.2, 0.25) is 0 Å². The average Bonchev–Trinajstić information content (AvgIpc) is 3.27. The third-order valence-electron chi connectivity index (χ3n) is 11.3. The van der Waals surface area contributed by atoms with Gasteiger partial charge in [0.2, 0.25) is 0 Å². The highest BCUT2D eigenvalue weighted by molar-refractivity contribution is 5.71. The van der Waals surface area contributed by atoms with Gasteiger partial charge in [-0.3, -0.25) is 14.4 Å². The molecule has 0 aliphatic heterocycles. The van der Waals surface area contributed by atoms with Crippen molar-refractivity contribution in [3.8, 4) is 0 Å². The summed E-state index contributed by atoms with van der Waals surface area (Å²) in [6, 6.07) is 0. The van der Waals surface area contributed by atoms with E-state index in [2.05, 4.69) is 81.5 Å². The third-order valence-corrected chi connectivity index (χ3v) is 11.3. The summed E-state index contributed by atoms with van der Waals surface area (Å²) in [5.74, 6) is -0.910. The van der Waals surface area contributed by atoms with Crippen LogP contribution in [0.25, 0.3) is 0 Å². The fraction of sp³-hybridized carbons (Fsp3) is 0.768. The quantitative estimate of drug-likeness (QED) is 0.0262. The summed E-state index contributed by atoms with van der Waals surface area (Å²) in [5, 5.41) is 0. The number of allylic oxidation sites excluding steroid dienone is 10. The summed E-state index contributed by atoms with van der Waals surface area (Å²) in [6.07, 6.45) is 62.0. The molecule has 0 bridgehead atoms. The van der Waals surface area contributed by atoms with Gasteiger partial charge < -0.3 is 14.2 Å². The smallest absolute Gasteiger partial charge is 0.306 e. The third kappa shape index (κ3) is 48.1. The molecular weight excluding hydrogens is 769 g/mol. The van der Waals surface area contributed by atoms with Crippen molar-refractivity contribution in [3.05, 3.63) is 60.8 Å². The Morgan fingerprint density at radius 2 is 0.629 bits per heavy atom. The minimum Gasteiger partial charge on any atom is -0.462 e. The van der Waals surface area contributed by atoms with Crippen molar-refractivity contribution in [3.63, 3.8) is 0 Å². The zero-order valence-electron chi connectivity index (χ0n) is 40.9. The van der Waals surface area contributed by atoms with Crippen LogP contribution in [0.15, 0.2) is 60.8 Å². The first-order valence-electron chi connectivity index (χ1n) is 26.3. The molecule has 358 valence electrons. The Morgan fingerprint density at radius 1 is 0.339 bits per heavy atom. The van der Waals surface area contributed by atoms with Crippen molar-refractivity contribution in [2.75, 3.05) is 13.2 Å². The molecule has 0 fully saturated rings. The molecule has 62 heavy (non-hydrogen) atoms. The van der Waals surface area contributed by atoms with E-state index in [-0.39, 0.29) is 31.1 Å². The Bertz CT molecular complexity index is 1130. The minimum atomic E-state index is -0.786. The van der Waals surface area contributed by atoms with Gasteiger partial charge in [0.05, 0.1) is 0 Å². The predicted octanol–water partition coefficient (Wildman–Crippen LogP) is 17.3. The first-order chi connectivity index (χ1) is 30.5. The maximum atomic E-state index is 12.8. The molecule has 1 unspecified atom stereocenters. The van der Waals surface area contributed by atoms with Crippen molar-refractivity contribution in [1.29, 1.82) is 0 Å². The van der Waals surface area contributed by atoms with Crippen LogP contribution in [0.4, 0.5) is 0 Å². The van der Waals surface area contributed by atoms with E-state index in [0.717, 1.165) is 96.3 Å². The first kappa shape index (κ1) is 59.1. The maximum Gasteiger partial charge on any atom is 0.306 e. The number of ether oxygens (including phenoxy) is 3. The van der Waals surface area contributed by atoms with E-state index in [1.54, 1.807) is 0 Å². The second-order valence-electron chi connectivity index (χ2n) is 17.5. The van der Waals surface area contributed by atoms with Crippen LogP contribution in [0.1, 0.15) is 258 Å². The van der Waals surface area contributed by atoms with E-state index in [4.69, 9.17) is 14.2 Å². The zero-order valence-corrected chi connectivity index (χ0v) is 40.9. The van der Waals surface area contributed by atoms with Crippen molar-refractivity contribution < 1.29 is 28.6 Å². The van der Waals surface area contributed by atoms with Gasteiger partial charge in [0, 0.05) is 19.3 Å². The lowest BCUT2D eigenvalue weighted by atomic mass is 10.0. The molecule has 0 saturated heterocycles. The molecule has 0 N–H and O–H groups in total. The fourth-order valence-corrected chi connectivity index (χ4v) is 7.37. The minimum absolute atomic E-state index is 0.0838. The predicted molar refractivity (Wildman–Crippen MR) is 265 cm³/mol. The molecule has 0 amide bonds. The van der Waals surface area contributed by atoms with E-state index in [1.165, 1.54) is 122 Å². The summed E-state index contributed by atoms with van der Waals surface area (Å²) < 4.78 is 16.8. The summed E-state index contributed by atoms with van der Waals surface area (Å²) in [5.41, 5.74) is 0. The topological polar surface area (TPSA) is 78.9 Å². The summed E-state index contributed by atoms with van der Waals surface area (Å²) in [6.45, 7) is 6.46. The van der Waals surface area contributed by atoms with Crippen LogP contribution >= 0.6 is 0 Å². The Morgan fingerprint density at radius 3 is 1.02 bits per heavy atom. The number of rotatable bonds is 47. The number of carbonyl (C=O) groups is 3. The van der Waals surface area contributed by atoms with E-state index < -0.39 is 6.10 Å². The van der Waals surface area contributed by atoms with E-state index in [9.17, 15) is 14.4 Å². The number of esters is 3. The van der Waals surface area contributed by atoms with E-state index in [0.29, 0.717) is 19.3 Å². The first-order valence-corrected chi connectivity index (χ1v) is 26.3. The van der Waals surface area contributed by atoms with Crippen molar-refractivity contribution in [2.24, 2.45) is 0 Å². The maximum absolute atomic E-state index is 12.8. The van der Waals surface area contributed by atoms with Gasteiger partial charge in [-0.15, -0.1) is 0 Å². The number of hydrogen-bond acceptors (Lipinski definition) is 6. The highest BCUT2D eigenvalue weighted by atomic mass is 16.6. The van der Waals surface area contributed by atoms with Crippen LogP contribution in [-0.4, -0.2) is 37.2 Å². The Balaban J connectivity index is 4.40. The molecule has 0 radical (unpaired) electrons. The van der Waals surface area contributed by atoms with Crippen LogP contribution < -0.4 is 0 Å². The molecule has 6 heteroatoms. The Labute approximate surface area is 383 Å². The van der Waals surface area contributed by atoms with Gasteiger partial charge in [0.1, 0.15) is 13.2 Å². The SMILES string of the molecule is CC/C=C/C=C/C=C/CCCCCCCC(=O)OCC(COC(=O)CCCCCCCCCCCCCCCCCC)OC(=O)CCCCCCCC/C=C/C=C/CCCCC. The van der Waals surface area contributed by atoms with Crippen molar-refractivity contribution in [2.45, 2.75) is 264 Å². The average molecular weight is 867 g/mol. The standard InChI is InChI=1S/C56H98O6/c1-4-7-10-13-16-19-22-25-27-29-31-34-37-40-43-46-49-55(58)61-52-53(51-60-54(57)48-45-42-39-36-33-30-24-21-18-15-12-9-6-3)62-56(59)50-47-44-41-38-35-32-28-26-23-20-17-14-11-8-5-2/h9,12,15,17-18,20-21,23-24,26,53H,4-8,10-11,13-14,16,19,22,25,27-52H2,1-3H3/b12-9+,18-15+,20-17+,24-21+,26-23+. The fourth-order valence-electron chi connectivity index (χ4n) is 7.37. The monoisotopic (exact) mass is 867 g/mol. The van der Waals surface area contributed by atoms with Gasteiger partial charge in [-0.1, -0.05) is 236 Å². The molecule has 0 aliphatic carbocycles. The molecule has 0 saturated carbocycles. The number of hydrogen-bond donors (Lipinski definition) is 0. The van der Waals surface area contributed by atoms with Gasteiger partial charge in [-0.25, -0.2) is 0 Å². The molecule has 0 aromatic rings. The summed E-state index contributed by atoms with van der Waals surface area (Å²) in [4.78, 5) is 38.0. The van der Waals surface area contributed by atoms with Gasteiger partial charge in [0.15, 0.2) is 6.10 Å². The van der Waals surface area contributed by atoms with Gasteiger partial charge in [-0.05, 0) is 64.2 Å². The lowest BCUT2D eigenvalue weighted by Gasteiger charge is -2.18. The second kappa shape index (κ2) is 50.8. The molecule has 0 aromatic carbocycles. The second-order valence-corrected chi connectivity index (χ2v) is 17.5.